The minimum atomic E-state index is -0.683. The second-order valence-electron chi connectivity index (χ2n) is 9.86. The minimum Gasteiger partial charge on any atom is -0.494 e. The SMILES string of the molecule is COc1cnc2c(NC(=O)c3cn4cc(C56COC(C)(C5)C6)nc4c(F)c3OC(C)C)cnn2c1. The molecular weight excluding hydrogens is 455 g/mol. The lowest BCUT2D eigenvalue weighted by molar-refractivity contribution is 0.0154. The van der Waals surface area contributed by atoms with Gasteiger partial charge in [0.05, 0.1) is 49.7 Å². The van der Waals surface area contributed by atoms with Crippen LogP contribution in [0.4, 0.5) is 10.1 Å². The number of imidazole rings is 1. The molecular formula is C24H25FN6O4. The summed E-state index contributed by atoms with van der Waals surface area (Å²) in [5.41, 5.74) is 1.38. The fourth-order valence-electron chi connectivity index (χ4n) is 5.23. The number of carbonyl (C=O) groups excluding carboxylic acids is 1. The molecule has 7 rings (SSSR count). The lowest BCUT2D eigenvalue weighted by Crippen LogP contribution is -2.45. The van der Waals surface area contributed by atoms with Gasteiger partial charge >= 0.3 is 0 Å². The highest BCUT2D eigenvalue weighted by atomic mass is 19.1. The van der Waals surface area contributed by atoms with E-state index < -0.39 is 11.7 Å². The van der Waals surface area contributed by atoms with E-state index in [1.807, 2.05) is 0 Å². The van der Waals surface area contributed by atoms with Crippen LogP contribution in [0.2, 0.25) is 0 Å². The zero-order chi connectivity index (χ0) is 24.5. The maximum atomic E-state index is 15.7. The molecule has 4 aromatic heterocycles. The van der Waals surface area contributed by atoms with Crippen LogP contribution in [-0.2, 0) is 10.2 Å². The van der Waals surface area contributed by atoms with Gasteiger partial charge in [-0.15, -0.1) is 0 Å². The van der Waals surface area contributed by atoms with Crippen LogP contribution in [0.15, 0.2) is 31.0 Å². The van der Waals surface area contributed by atoms with Crippen LogP contribution in [0.5, 0.6) is 11.5 Å². The Morgan fingerprint density at radius 3 is 2.71 bits per heavy atom. The molecule has 35 heavy (non-hydrogen) atoms. The normalized spacial score (nSPS) is 23.1. The van der Waals surface area contributed by atoms with Crippen LogP contribution in [0.3, 0.4) is 0 Å². The number of rotatable bonds is 6. The summed E-state index contributed by atoms with van der Waals surface area (Å²) in [4.78, 5) is 22.2. The molecule has 1 amide bonds. The van der Waals surface area contributed by atoms with Crippen molar-refractivity contribution in [3.8, 4) is 11.5 Å². The number of nitrogens with one attached hydrogen (secondary N) is 1. The van der Waals surface area contributed by atoms with E-state index in [-0.39, 0.29) is 34.1 Å². The molecule has 2 aliphatic heterocycles. The van der Waals surface area contributed by atoms with Crippen LogP contribution in [0.25, 0.3) is 11.3 Å². The first-order valence-corrected chi connectivity index (χ1v) is 11.4. The molecule has 11 heteroatoms. The number of carbonyl (C=O) groups is 1. The van der Waals surface area contributed by atoms with Gasteiger partial charge in [0.1, 0.15) is 11.3 Å². The van der Waals surface area contributed by atoms with E-state index in [4.69, 9.17) is 14.2 Å². The largest absolute Gasteiger partial charge is 0.494 e. The Kier molecular flexibility index (Phi) is 4.59. The third kappa shape index (κ3) is 3.33. The molecule has 2 bridgehead atoms. The van der Waals surface area contributed by atoms with Gasteiger partial charge in [0.25, 0.3) is 5.91 Å². The van der Waals surface area contributed by atoms with E-state index in [1.165, 1.54) is 24.0 Å². The molecule has 182 valence electrons. The van der Waals surface area contributed by atoms with Crippen LogP contribution < -0.4 is 14.8 Å². The third-order valence-electron chi connectivity index (χ3n) is 6.72. The van der Waals surface area contributed by atoms with Crippen molar-refractivity contribution in [3.05, 3.63) is 48.1 Å². The molecule has 1 saturated carbocycles. The van der Waals surface area contributed by atoms with E-state index in [0.29, 0.717) is 23.7 Å². The third-order valence-corrected chi connectivity index (χ3v) is 6.72. The van der Waals surface area contributed by atoms with Gasteiger partial charge in [-0.1, -0.05) is 0 Å². The monoisotopic (exact) mass is 480 g/mol. The van der Waals surface area contributed by atoms with Gasteiger partial charge < -0.3 is 23.9 Å². The number of halogens is 1. The molecule has 4 aromatic rings. The summed E-state index contributed by atoms with van der Waals surface area (Å²) in [5.74, 6) is -0.860. The molecule has 3 aliphatic rings. The molecule has 0 radical (unpaired) electrons. The topological polar surface area (TPSA) is 104 Å². The molecule has 1 N–H and O–H groups in total. The summed E-state index contributed by atoms with van der Waals surface area (Å²) in [6.45, 7) is 6.19. The first kappa shape index (κ1) is 21.8. The Balaban J connectivity index is 1.39. The number of fused-ring (bicyclic) bond motifs is 3. The fraction of sp³-hybridized carbons (Fsp3) is 0.417. The number of amides is 1. The van der Waals surface area contributed by atoms with Crippen molar-refractivity contribution in [1.29, 1.82) is 0 Å². The number of hydrogen-bond donors (Lipinski definition) is 1. The van der Waals surface area contributed by atoms with E-state index in [1.54, 1.807) is 36.8 Å². The molecule has 0 aromatic carbocycles. The lowest BCUT2D eigenvalue weighted by atomic mass is 9.62. The molecule has 10 nitrogen and oxygen atoms in total. The molecule has 0 unspecified atom stereocenters. The van der Waals surface area contributed by atoms with E-state index in [2.05, 4.69) is 27.3 Å². The van der Waals surface area contributed by atoms with Gasteiger partial charge in [-0.05, 0) is 33.6 Å². The van der Waals surface area contributed by atoms with Gasteiger partial charge in [-0.25, -0.2) is 14.5 Å². The zero-order valence-corrected chi connectivity index (χ0v) is 19.8. The average molecular weight is 481 g/mol. The Bertz CT molecular complexity index is 1490. The number of ether oxygens (including phenoxy) is 3. The Labute approximate surface area is 200 Å². The predicted octanol–water partition coefficient (Wildman–Crippen LogP) is 3.38. The summed E-state index contributed by atoms with van der Waals surface area (Å²) in [6, 6.07) is 0. The highest BCUT2D eigenvalue weighted by Gasteiger charge is 2.61. The number of aromatic nitrogens is 5. The second-order valence-corrected chi connectivity index (χ2v) is 9.86. The van der Waals surface area contributed by atoms with Gasteiger partial charge in [0.15, 0.2) is 22.8 Å². The lowest BCUT2D eigenvalue weighted by Gasteiger charge is -2.41. The number of hydrogen-bond acceptors (Lipinski definition) is 7. The van der Waals surface area contributed by atoms with Crippen molar-refractivity contribution >= 4 is 22.9 Å². The summed E-state index contributed by atoms with van der Waals surface area (Å²) in [6.07, 6.45) is 9.31. The van der Waals surface area contributed by atoms with Gasteiger partial charge in [-0.3, -0.25) is 4.79 Å². The Morgan fingerprint density at radius 2 is 2.03 bits per heavy atom. The first-order valence-electron chi connectivity index (χ1n) is 11.4. The van der Waals surface area contributed by atoms with Crippen molar-refractivity contribution in [3.63, 3.8) is 0 Å². The molecule has 6 heterocycles. The highest BCUT2D eigenvalue weighted by molar-refractivity contribution is 6.07. The number of pyridine rings is 1. The fourth-order valence-corrected chi connectivity index (χ4v) is 5.23. The first-order chi connectivity index (χ1) is 16.7. The molecule has 0 atom stereocenters. The Morgan fingerprint density at radius 1 is 1.23 bits per heavy atom. The summed E-state index contributed by atoms with van der Waals surface area (Å²) in [7, 11) is 1.53. The van der Waals surface area contributed by atoms with Gasteiger partial charge in [-0.2, -0.15) is 9.49 Å². The number of anilines is 1. The quantitative estimate of drug-likeness (QED) is 0.451. The molecule has 0 spiro atoms. The van der Waals surface area contributed by atoms with Crippen LogP contribution in [0, 0.1) is 5.82 Å². The average Bonchev–Trinajstić information content (AvgIpc) is 3.56. The standard InChI is InChI=1S/C24H25FN6O4/c1-13(2)35-19-15(22(32)28-16-6-27-31-7-14(33-4)5-26-20(16)31)8-30-9-17(29-21(30)18(19)25)24-10-23(3,11-24)34-12-24/h5-9,13H,10-12H2,1-4H3,(H,28,32). The van der Waals surface area contributed by atoms with Crippen LogP contribution in [0.1, 0.15) is 49.7 Å². The molecule has 3 fully saturated rings. The zero-order valence-electron chi connectivity index (χ0n) is 19.8. The molecule has 1 aliphatic carbocycles. The summed E-state index contributed by atoms with van der Waals surface area (Å²) < 4.78 is 35.6. The summed E-state index contributed by atoms with van der Waals surface area (Å²) >= 11 is 0. The van der Waals surface area contributed by atoms with Crippen molar-refractivity contribution in [2.75, 3.05) is 19.0 Å². The number of methoxy groups -OCH3 is 1. The van der Waals surface area contributed by atoms with E-state index in [0.717, 1.165) is 18.5 Å². The second kappa shape index (κ2) is 7.38. The highest BCUT2D eigenvalue weighted by Crippen LogP contribution is 2.58. The maximum Gasteiger partial charge on any atom is 0.261 e. The van der Waals surface area contributed by atoms with Crippen LogP contribution in [-0.4, -0.2) is 55.3 Å². The smallest absolute Gasteiger partial charge is 0.261 e. The van der Waals surface area contributed by atoms with Gasteiger partial charge in [0.2, 0.25) is 5.82 Å². The minimum absolute atomic E-state index is 0.0409. The van der Waals surface area contributed by atoms with E-state index in [9.17, 15) is 4.79 Å². The van der Waals surface area contributed by atoms with Crippen molar-refractivity contribution in [2.45, 2.75) is 50.7 Å². The molecule has 2 saturated heterocycles. The van der Waals surface area contributed by atoms with Crippen molar-refractivity contribution in [2.24, 2.45) is 0 Å². The predicted molar refractivity (Wildman–Crippen MR) is 124 cm³/mol. The summed E-state index contributed by atoms with van der Waals surface area (Å²) in [5, 5.41) is 6.98. The maximum absolute atomic E-state index is 15.7. The Hall–Kier alpha value is -3.73. The van der Waals surface area contributed by atoms with Crippen molar-refractivity contribution in [1.82, 2.24) is 24.0 Å². The van der Waals surface area contributed by atoms with Crippen LogP contribution >= 0.6 is 0 Å². The van der Waals surface area contributed by atoms with Gasteiger partial charge in [0, 0.05) is 17.8 Å². The van der Waals surface area contributed by atoms with Crippen molar-refractivity contribution < 1.29 is 23.4 Å². The van der Waals surface area contributed by atoms with E-state index >= 15 is 4.39 Å². The number of nitrogens with zero attached hydrogens (tertiary/aromatic N) is 5.